The largest absolute Gasteiger partial charge is 0.435 e. The predicted molar refractivity (Wildman–Crippen MR) is 109 cm³/mol. The number of aliphatic imine (C=N–C) groups is 1. The molecule has 2 rings (SSSR count). The lowest BCUT2D eigenvalue weighted by molar-refractivity contribution is -0.142. The van der Waals surface area contributed by atoms with Crippen molar-refractivity contribution in [1.29, 1.82) is 0 Å². The van der Waals surface area contributed by atoms with E-state index in [9.17, 15) is 22.0 Å². The van der Waals surface area contributed by atoms with E-state index >= 15 is 0 Å². The summed E-state index contributed by atoms with van der Waals surface area (Å²) in [7, 11) is 2.80. The van der Waals surface area contributed by atoms with Crippen molar-refractivity contribution in [1.82, 2.24) is 20.4 Å². The van der Waals surface area contributed by atoms with Crippen LogP contribution in [-0.4, -0.2) is 29.4 Å². The molecule has 2 N–H and O–H groups in total. The van der Waals surface area contributed by atoms with E-state index in [0.717, 1.165) is 4.68 Å². The minimum Gasteiger partial charge on any atom is -0.434 e. The Morgan fingerprint density at radius 2 is 1.86 bits per heavy atom. The van der Waals surface area contributed by atoms with E-state index in [1.165, 1.54) is 38.5 Å². The van der Waals surface area contributed by atoms with Crippen LogP contribution >= 0.6 is 35.6 Å². The van der Waals surface area contributed by atoms with Crippen molar-refractivity contribution in [3.63, 3.8) is 0 Å². The Balaban J connectivity index is 0.00000420. The van der Waals surface area contributed by atoms with Crippen molar-refractivity contribution in [2.45, 2.75) is 25.9 Å². The van der Waals surface area contributed by atoms with Gasteiger partial charge in [-0.15, -0.1) is 24.0 Å². The first-order chi connectivity index (χ1) is 13.1. The SMILES string of the molecule is CN=C(NCc1cc(Cl)ccc1OC(F)F)NCc1cn(C)nc1C(F)(F)F.I. The number of halogens is 7. The molecule has 0 atom stereocenters. The highest BCUT2D eigenvalue weighted by Crippen LogP contribution is 2.30. The van der Waals surface area contributed by atoms with Gasteiger partial charge in [0, 0.05) is 49.5 Å². The van der Waals surface area contributed by atoms with Gasteiger partial charge in [-0.25, -0.2) is 0 Å². The minimum atomic E-state index is -4.59. The molecule has 0 aliphatic carbocycles. The first-order valence-electron chi connectivity index (χ1n) is 7.87. The number of alkyl halides is 5. The fourth-order valence-electron chi connectivity index (χ4n) is 2.38. The molecule has 6 nitrogen and oxygen atoms in total. The smallest absolute Gasteiger partial charge is 0.434 e. The molecule has 2 aromatic rings. The summed E-state index contributed by atoms with van der Waals surface area (Å²) < 4.78 is 69.4. The summed E-state index contributed by atoms with van der Waals surface area (Å²) in [5, 5.41) is 9.26. The summed E-state index contributed by atoms with van der Waals surface area (Å²) in [6.45, 7) is -3.21. The molecule has 0 fully saturated rings. The number of hydrogen-bond acceptors (Lipinski definition) is 3. The number of ether oxygens (including phenoxy) is 1. The van der Waals surface area contributed by atoms with Crippen molar-refractivity contribution in [3.05, 3.63) is 46.2 Å². The van der Waals surface area contributed by atoms with E-state index in [2.05, 4.69) is 25.5 Å². The van der Waals surface area contributed by atoms with E-state index in [0.29, 0.717) is 10.6 Å². The molecule has 0 amide bonds. The van der Waals surface area contributed by atoms with Crippen LogP contribution in [0.1, 0.15) is 16.8 Å². The second-order valence-corrected chi connectivity index (χ2v) is 6.02. The lowest BCUT2D eigenvalue weighted by Crippen LogP contribution is -2.36. The quantitative estimate of drug-likeness (QED) is 0.244. The molecule has 0 aliphatic rings. The van der Waals surface area contributed by atoms with E-state index in [1.807, 2.05) is 0 Å². The lowest BCUT2D eigenvalue weighted by Gasteiger charge is -2.15. The van der Waals surface area contributed by atoms with Crippen LogP contribution in [0.3, 0.4) is 0 Å². The van der Waals surface area contributed by atoms with Gasteiger partial charge < -0.3 is 15.4 Å². The molecule has 0 saturated heterocycles. The molecule has 0 saturated carbocycles. The van der Waals surface area contributed by atoms with Gasteiger partial charge in [0.25, 0.3) is 0 Å². The van der Waals surface area contributed by atoms with Crippen molar-refractivity contribution in [2.24, 2.45) is 12.0 Å². The van der Waals surface area contributed by atoms with E-state index in [4.69, 9.17) is 11.6 Å². The predicted octanol–water partition coefficient (Wildman–Crippen LogP) is 4.18. The highest BCUT2D eigenvalue weighted by molar-refractivity contribution is 14.0. The third-order valence-corrected chi connectivity index (χ3v) is 3.76. The van der Waals surface area contributed by atoms with Crippen LogP contribution in [0.15, 0.2) is 29.4 Å². The van der Waals surface area contributed by atoms with Crippen molar-refractivity contribution in [2.75, 3.05) is 7.05 Å². The van der Waals surface area contributed by atoms with Crippen molar-refractivity contribution < 1.29 is 26.7 Å². The summed E-state index contributed by atoms with van der Waals surface area (Å²) in [5.41, 5.74) is -0.740. The van der Waals surface area contributed by atoms with E-state index < -0.39 is 18.5 Å². The normalized spacial score (nSPS) is 12.0. The molecule has 0 aliphatic heterocycles. The van der Waals surface area contributed by atoms with Gasteiger partial charge in [0.15, 0.2) is 11.7 Å². The molecule has 0 unspecified atom stereocenters. The number of hydrogen-bond donors (Lipinski definition) is 2. The fraction of sp³-hybridized carbons (Fsp3) is 0.375. The number of aromatic nitrogens is 2. The van der Waals surface area contributed by atoms with Crippen LogP contribution in [0.2, 0.25) is 5.02 Å². The van der Waals surface area contributed by atoms with Crippen LogP contribution in [0.5, 0.6) is 5.75 Å². The van der Waals surface area contributed by atoms with Gasteiger partial charge in [-0.05, 0) is 18.2 Å². The maximum Gasteiger partial charge on any atom is 0.435 e. The molecule has 13 heteroatoms. The third kappa shape index (κ3) is 7.49. The Morgan fingerprint density at radius 3 is 2.41 bits per heavy atom. The Morgan fingerprint density at radius 1 is 1.24 bits per heavy atom. The summed E-state index contributed by atoms with van der Waals surface area (Å²) in [4.78, 5) is 3.89. The van der Waals surface area contributed by atoms with Crippen LogP contribution in [0.25, 0.3) is 0 Å². The van der Waals surface area contributed by atoms with Crippen LogP contribution in [0.4, 0.5) is 22.0 Å². The monoisotopic (exact) mass is 553 g/mol. The number of nitrogens with zero attached hydrogens (tertiary/aromatic N) is 3. The number of benzene rings is 1. The van der Waals surface area contributed by atoms with Gasteiger partial charge in [0.05, 0.1) is 0 Å². The molecular weight excluding hydrogens is 536 g/mol. The standard InChI is InChI=1S/C16H17ClF5N5O.HI/c1-23-15(25-7-10-8-27(2)26-13(10)16(20,21)22)24-6-9-5-11(17)3-4-12(9)28-14(18)19;/h3-5,8,14H,6-7H2,1-2H3,(H2,23,24,25);1H. The summed E-state index contributed by atoms with van der Waals surface area (Å²) in [5.74, 6) is 0.0777. The maximum absolute atomic E-state index is 13.0. The molecule has 1 aromatic heterocycles. The Hall–Kier alpha value is -1.83. The highest BCUT2D eigenvalue weighted by Gasteiger charge is 2.36. The van der Waals surface area contributed by atoms with Crippen LogP contribution in [0, 0.1) is 0 Å². The topological polar surface area (TPSA) is 63.5 Å². The Labute approximate surface area is 185 Å². The molecule has 0 radical (unpaired) electrons. The zero-order chi connectivity index (χ0) is 20.9. The van der Waals surface area contributed by atoms with Gasteiger partial charge in [-0.2, -0.15) is 27.1 Å². The lowest BCUT2D eigenvalue weighted by atomic mass is 10.2. The van der Waals surface area contributed by atoms with Gasteiger partial charge >= 0.3 is 12.8 Å². The Bertz CT molecular complexity index is 844. The van der Waals surface area contributed by atoms with Gasteiger partial charge in [0.2, 0.25) is 0 Å². The molecule has 1 heterocycles. The Kier molecular flexibility index (Phi) is 9.39. The molecular formula is C16H18ClF5IN5O. The van der Waals surface area contributed by atoms with E-state index in [1.54, 1.807) is 0 Å². The summed E-state index contributed by atoms with van der Waals surface area (Å²) in [6, 6.07) is 4.13. The summed E-state index contributed by atoms with van der Waals surface area (Å²) in [6.07, 6.45) is -3.34. The first kappa shape index (κ1) is 25.2. The minimum absolute atomic E-state index is 0. The van der Waals surface area contributed by atoms with Crippen LogP contribution in [-0.2, 0) is 26.3 Å². The second-order valence-electron chi connectivity index (χ2n) is 5.58. The molecule has 0 spiro atoms. The van der Waals surface area contributed by atoms with Gasteiger partial charge in [-0.1, -0.05) is 11.6 Å². The fourth-order valence-corrected chi connectivity index (χ4v) is 2.58. The molecule has 162 valence electrons. The van der Waals surface area contributed by atoms with Gasteiger partial charge in [-0.3, -0.25) is 9.67 Å². The van der Waals surface area contributed by atoms with Gasteiger partial charge in [0.1, 0.15) is 5.75 Å². The number of aryl methyl sites for hydroxylation is 1. The average Bonchev–Trinajstić information content (AvgIpc) is 2.98. The van der Waals surface area contributed by atoms with Crippen molar-refractivity contribution >= 4 is 41.5 Å². The van der Waals surface area contributed by atoms with Crippen LogP contribution < -0.4 is 15.4 Å². The first-order valence-corrected chi connectivity index (χ1v) is 8.25. The highest BCUT2D eigenvalue weighted by atomic mass is 127. The molecule has 29 heavy (non-hydrogen) atoms. The zero-order valence-electron chi connectivity index (χ0n) is 15.2. The van der Waals surface area contributed by atoms with E-state index in [-0.39, 0.29) is 54.3 Å². The summed E-state index contributed by atoms with van der Waals surface area (Å²) >= 11 is 5.87. The molecule has 1 aromatic carbocycles. The average molecular weight is 554 g/mol. The zero-order valence-corrected chi connectivity index (χ0v) is 18.3. The maximum atomic E-state index is 13.0. The number of nitrogens with one attached hydrogen (secondary N) is 2. The number of guanidine groups is 1. The second kappa shape index (κ2) is 10.8. The molecule has 0 bridgehead atoms. The third-order valence-electron chi connectivity index (χ3n) is 3.53. The van der Waals surface area contributed by atoms with Crippen molar-refractivity contribution in [3.8, 4) is 5.75 Å². The number of rotatable bonds is 6.